The zero-order chi connectivity index (χ0) is 25.5. The predicted octanol–water partition coefficient (Wildman–Crippen LogP) is 4.36. The van der Waals surface area contributed by atoms with Gasteiger partial charge in [-0.05, 0) is 67.6 Å². The zero-order valence-corrected chi connectivity index (χ0v) is 21.6. The van der Waals surface area contributed by atoms with E-state index < -0.39 is 5.54 Å². The van der Waals surface area contributed by atoms with E-state index in [2.05, 4.69) is 108 Å². The van der Waals surface area contributed by atoms with Crippen LogP contribution >= 0.6 is 0 Å². The van der Waals surface area contributed by atoms with Gasteiger partial charge in [0.05, 0.1) is 5.54 Å². The fourth-order valence-corrected chi connectivity index (χ4v) is 4.57. The standard InChI is InChI=1S/C31H42N4O/c1-2-26-16-18-29(19-17-26)31(27-12-5-3-6-13-27,28-14-7-4-8-15-28)35-24-10-9-22-33-25-20-30(36)34-23-11-21-32/h3-8,12-19,33,35H,2,9-11,20-25,32H2,1H3,(H,34,36). The Morgan fingerprint density at radius 1 is 0.722 bits per heavy atom. The lowest BCUT2D eigenvalue weighted by Crippen LogP contribution is -2.45. The van der Waals surface area contributed by atoms with Crippen molar-refractivity contribution in [2.24, 2.45) is 5.73 Å². The van der Waals surface area contributed by atoms with E-state index in [0.29, 0.717) is 26.1 Å². The van der Waals surface area contributed by atoms with E-state index in [0.717, 1.165) is 38.8 Å². The molecule has 5 heteroatoms. The van der Waals surface area contributed by atoms with Gasteiger partial charge in [-0.3, -0.25) is 10.1 Å². The van der Waals surface area contributed by atoms with Crippen molar-refractivity contribution in [1.82, 2.24) is 16.0 Å². The van der Waals surface area contributed by atoms with Crippen LogP contribution in [0.4, 0.5) is 0 Å². The van der Waals surface area contributed by atoms with Crippen LogP contribution < -0.4 is 21.7 Å². The van der Waals surface area contributed by atoms with Crippen molar-refractivity contribution in [3.8, 4) is 0 Å². The van der Waals surface area contributed by atoms with Gasteiger partial charge < -0.3 is 16.4 Å². The van der Waals surface area contributed by atoms with Gasteiger partial charge in [-0.15, -0.1) is 0 Å². The molecule has 3 rings (SSSR count). The van der Waals surface area contributed by atoms with Gasteiger partial charge in [-0.1, -0.05) is 91.9 Å². The molecule has 0 aliphatic heterocycles. The maximum atomic E-state index is 11.8. The van der Waals surface area contributed by atoms with Crippen LogP contribution in [0.5, 0.6) is 0 Å². The van der Waals surface area contributed by atoms with Crippen molar-refractivity contribution in [1.29, 1.82) is 0 Å². The number of benzene rings is 3. The van der Waals surface area contributed by atoms with Gasteiger partial charge in [0.25, 0.3) is 0 Å². The average molecular weight is 487 g/mol. The molecule has 0 heterocycles. The van der Waals surface area contributed by atoms with Gasteiger partial charge in [0.15, 0.2) is 0 Å². The molecule has 1 amide bonds. The number of hydrogen-bond donors (Lipinski definition) is 4. The Balaban J connectivity index is 1.65. The summed E-state index contributed by atoms with van der Waals surface area (Å²) >= 11 is 0. The van der Waals surface area contributed by atoms with Gasteiger partial charge in [0.1, 0.15) is 0 Å². The fourth-order valence-electron chi connectivity index (χ4n) is 4.57. The maximum Gasteiger partial charge on any atom is 0.221 e. The number of carbonyl (C=O) groups is 1. The molecular formula is C31H42N4O. The first kappa shape index (κ1) is 27.6. The molecule has 0 aromatic heterocycles. The minimum atomic E-state index is -0.427. The van der Waals surface area contributed by atoms with E-state index in [1.165, 1.54) is 22.3 Å². The van der Waals surface area contributed by atoms with Crippen LogP contribution in [-0.2, 0) is 16.8 Å². The van der Waals surface area contributed by atoms with Crippen LogP contribution in [0.3, 0.4) is 0 Å². The Morgan fingerprint density at radius 3 is 1.89 bits per heavy atom. The van der Waals surface area contributed by atoms with Crippen molar-refractivity contribution in [3.63, 3.8) is 0 Å². The summed E-state index contributed by atoms with van der Waals surface area (Å²) in [6.45, 7) is 5.92. The summed E-state index contributed by atoms with van der Waals surface area (Å²) in [7, 11) is 0. The molecule has 36 heavy (non-hydrogen) atoms. The summed E-state index contributed by atoms with van der Waals surface area (Å²) in [6, 6.07) is 30.5. The molecule has 0 radical (unpaired) electrons. The number of rotatable bonds is 16. The van der Waals surface area contributed by atoms with E-state index >= 15 is 0 Å². The molecule has 0 atom stereocenters. The van der Waals surface area contributed by atoms with Crippen LogP contribution in [-0.4, -0.2) is 38.6 Å². The largest absolute Gasteiger partial charge is 0.356 e. The fraction of sp³-hybridized carbons (Fsp3) is 0.387. The summed E-state index contributed by atoms with van der Waals surface area (Å²) < 4.78 is 0. The molecule has 3 aromatic rings. The van der Waals surface area contributed by atoms with Gasteiger partial charge in [0.2, 0.25) is 5.91 Å². The van der Waals surface area contributed by atoms with Crippen molar-refractivity contribution in [3.05, 3.63) is 107 Å². The third kappa shape index (κ3) is 7.76. The summed E-state index contributed by atoms with van der Waals surface area (Å²) in [4.78, 5) is 11.8. The minimum absolute atomic E-state index is 0.0854. The maximum absolute atomic E-state index is 11.8. The lowest BCUT2D eigenvalue weighted by Gasteiger charge is -2.37. The molecule has 0 unspecified atom stereocenters. The van der Waals surface area contributed by atoms with Gasteiger partial charge in [0, 0.05) is 19.5 Å². The second kappa shape index (κ2) is 15.2. The van der Waals surface area contributed by atoms with E-state index in [1.807, 2.05) is 0 Å². The number of aryl methyl sites for hydroxylation is 1. The molecule has 0 spiro atoms. The van der Waals surface area contributed by atoms with Crippen LogP contribution in [0.2, 0.25) is 0 Å². The number of nitrogens with one attached hydrogen (secondary N) is 3. The Kier molecular flexibility index (Phi) is 11.6. The van der Waals surface area contributed by atoms with Crippen LogP contribution in [0, 0.1) is 0 Å². The molecule has 3 aromatic carbocycles. The van der Waals surface area contributed by atoms with E-state index in [1.54, 1.807) is 0 Å². The number of hydrogen-bond acceptors (Lipinski definition) is 4. The van der Waals surface area contributed by atoms with Crippen molar-refractivity contribution < 1.29 is 4.79 Å². The van der Waals surface area contributed by atoms with Crippen molar-refractivity contribution >= 4 is 5.91 Å². The Bertz CT molecular complexity index is 966. The molecule has 192 valence electrons. The number of nitrogens with two attached hydrogens (primary N) is 1. The summed E-state index contributed by atoms with van der Waals surface area (Å²) in [6.07, 6.45) is 4.42. The van der Waals surface area contributed by atoms with Crippen LogP contribution in [0.25, 0.3) is 0 Å². The average Bonchev–Trinajstić information content (AvgIpc) is 2.93. The lowest BCUT2D eigenvalue weighted by molar-refractivity contribution is -0.120. The molecule has 0 aliphatic rings. The lowest BCUT2D eigenvalue weighted by atomic mass is 9.76. The molecule has 0 saturated heterocycles. The first-order chi connectivity index (χ1) is 17.7. The highest BCUT2D eigenvalue weighted by Gasteiger charge is 2.35. The minimum Gasteiger partial charge on any atom is -0.356 e. The quantitative estimate of drug-likeness (QED) is 0.179. The van der Waals surface area contributed by atoms with E-state index in [-0.39, 0.29) is 5.91 Å². The summed E-state index contributed by atoms with van der Waals surface area (Å²) in [5.74, 6) is 0.0854. The summed E-state index contributed by atoms with van der Waals surface area (Å²) in [5, 5.41) is 10.3. The molecule has 0 saturated carbocycles. The van der Waals surface area contributed by atoms with Crippen molar-refractivity contribution in [2.45, 2.75) is 44.6 Å². The molecule has 5 N–H and O–H groups in total. The highest BCUT2D eigenvalue weighted by atomic mass is 16.1. The third-order valence-corrected chi connectivity index (χ3v) is 6.61. The van der Waals surface area contributed by atoms with Crippen LogP contribution in [0.15, 0.2) is 84.9 Å². The van der Waals surface area contributed by atoms with E-state index in [9.17, 15) is 4.79 Å². The molecule has 0 aliphatic carbocycles. The molecule has 5 nitrogen and oxygen atoms in total. The highest BCUT2D eigenvalue weighted by molar-refractivity contribution is 5.76. The van der Waals surface area contributed by atoms with Gasteiger partial charge in [-0.2, -0.15) is 0 Å². The van der Waals surface area contributed by atoms with Crippen molar-refractivity contribution in [2.75, 3.05) is 32.7 Å². The molecular weight excluding hydrogens is 444 g/mol. The smallest absolute Gasteiger partial charge is 0.221 e. The molecule has 0 fully saturated rings. The van der Waals surface area contributed by atoms with Crippen LogP contribution in [0.1, 0.15) is 54.9 Å². The first-order valence-corrected chi connectivity index (χ1v) is 13.3. The number of amides is 1. The molecule has 0 bridgehead atoms. The second-order valence-electron chi connectivity index (χ2n) is 9.16. The number of carbonyl (C=O) groups excluding carboxylic acids is 1. The monoisotopic (exact) mass is 486 g/mol. The predicted molar refractivity (Wildman–Crippen MR) is 150 cm³/mol. The highest BCUT2D eigenvalue weighted by Crippen LogP contribution is 2.37. The Labute approximate surface area is 216 Å². The topological polar surface area (TPSA) is 79.2 Å². The second-order valence-corrected chi connectivity index (χ2v) is 9.16. The van der Waals surface area contributed by atoms with E-state index in [4.69, 9.17) is 5.73 Å². The normalized spacial score (nSPS) is 11.4. The summed E-state index contributed by atoms with van der Waals surface area (Å²) in [5.41, 5.74) is 10.1. The number of unbranched alkanes of at least 4 members (excludes halogenated alkanes) is 1. The zero-order valence-electron chi connectivity index (χ0n) is 21.6. The first-order valence-electron chi connectivity index (χ1n) is 13.3. The van der Waals surface area contributed by atoms with Gasteiger partial charge in [-0.25, -0.2) is 0 Å². The van der Waals surface area contributed by atoms with Gasteiger partial charge >= 0.3 is 0 Å². The third-order valence-electron chi connectivity index (χ3n) is 6.61. The Hall–Kier alpha value is -2.99. The Morgan fingerprint density at radius 2 is 1.31 bits per heavy atom. The SMILES string of the molecule is CCc1ccc(C(NCCCCNCCC(=O)NCCCN)(c2ccccc2)c2ccccc2)cc1.